The van der Waals surface area contributed by atoms with Gasteiger partial charge in [0.25, 0.3) is 0 Å². The lowest BCUT2D eigenvalue weighted by atomic mass is 10.2. The van der Waals surface area contributed by atoms with E-state index in [2.05, 4.69) is 15.4 Å². The zero-order valence-corrected chi connectivity index (χ0v) is 11.2. The lowest BCUT2D eigenvalue weighted by molar-refractivity contribution is -0.139. The minimum absolute atomic E-state index is 0.192. The SMILES string of the molecule is CC(C)(C)OC(=O)NC(CCn1cncn1)C(=O)O. The van der Waals surface area contributed by atoms with Crippen molar-refractivity contribution in [2.75, 3.05) is 0 Å². The molecule has 19 heavy (non-hydrogen) atoms. The van der Waals surface area contributed by atoms with E-state index in [1.54, 1.807) is 20.8 Å². The number of carbonyl (C=O) groups excluding carboxylic acids is 1. The van der Waals surface area contributed by atoms with Gasteiger partial charge in [0.15, 0.2) is 0 Å². The van der Waals surface area contributed by atoms with Gasteiger partial charge in [-0.3, -0.25) is 4.68 Å². The second-order valence-corrected chi connectivity index (χ2v) is 4.98. The Kier molecular flexibility index (Phi) is 4.85. The number of alkyl carbamates (subject to hydrolysis) is 1. The number of carboxylic acids is 1. The molecule has 2 N–H and O–H groups in total. The Hall–Kier alpha value is -2.12. The highest BCUT2D eigenvalue weighted by Gasteiger charge is 2.23. The molecule has 0 aliphatic rings. The molecule has 0 aliphatic carbocycles. The van der Waals surface area contributed by atoms with Crippen molar-refractivity contribution in [1.29, 1.82) is 0 Å². The first-order valence-electron chi connectivity index (χ1n) is 5.82. The van der Waals surface area contributed by atoms with Crippen molar-refractivity contribution >= 4 is 12.1 Å². The quantitative estimate of drug-likeness (QED) is 0.813. The van der Waals surface area contributed by atoms with Crippen molar-refractivity contribution in [3.8, 4) is 0 Å². The number of ether oxygens (including phenoxy) is 1. The van der Waals surface area contributed by atoms with E-state index in [0.29, 0.717) is 6.54 Å². The molecule has 8 nitrogen and oxygen atoms in total. The predicted octanol–water partition coefficient (Wildman–Crippen LogP) is 0.646. The van der Waals surface area contributed by atoms with Crippen LogP contribution in [0.3, 0.4) is 0 Å². The molecular weight excluding hydrogens is 252 g/mol. The first kappa shape index (κ1) is 14.9. The molecular formula is C11H18N4O4. The minimum Gasteiger partial charge on any atom is -0.480 e. The number of aromatic nitrogens is 3. The van der Waals surface area contributed by atoms with Crippen LogP contribution in [0, 0.1) is 0 Å². The zero-order valence-electron chi connectivity index (χ0n) is 11.2. The summed E-state index contributed by atoms with van der Waals surface area (Å²) < 4.78 is 6.50. The summed E-state index contributed by atoms with van der Waals surface area (Å²) in [5.41, 5.74) is -0.668. The highest BCUT2D eigenvalue weighted by atomic mass is 16.6. The van der Waals surface area contributed by atoms with Gasteiger partial charge in [-0.15, -0.1) is 0 Å². The second-order valence-electron chi connectivity index (χ2n) is 4.98. The summed E-state index contributed by atoms with van der Waals surface area (Å²) in [5.74, 6) is -1.12. The van der Waals surface area contributed by atoms with Crippen LogP contribution in [-0.2, 0) is 16.1 Å². The number of amides is 1. The third-order valence-corrected chi connectivity index (χ3v) is 2.10. The summed E-state index contributed by atoms with van der Waals surface area (Å²) in [7, 11) is 0. The lowest BCUT2D eigenvalue weighted by Crippen LogP contribution is -2.44. The van der Waals surface area contributed by atoms with Crippen LogP contribution in [0.25, 0.3) is 0 Å². The summed E-state index contributed by atoms with van der Waals surface area (Å²) in [6.07, 6.45) is 2.28. The number of hydrogen-bond acceptors (Lipinski definition) is 5. The fourth-order valence-corrected chi connectivity index (χ4v) is 1.32. The summed E-state index contributed by atoms with van der Waals surface area (Å²) in [5, 5.41) is 15.2. The van der Waals surface area contributed by atoms with E-state index in [9.17, 15) is 9.59 Å². The highest BCUT2D eigenvalue weighted by molar-refractivity contribution is 5.79. The Morgan fingerprint density at radius 1 is 1.47 bits per heavy atom. The van der Waals surface area contributed by atoms with Crippen molar-refractivity contribution in [2.45, 2.75) is 45.4 Å². The van der Waals surface area contributed by atoms with E-state index in [0.717, 1.165) is 0 Å². The zero-order chi connectivity index (χ0) is 14.5. The first-order valence-corrected chi connectivity index (χ1v) is 5.82. The van der Waals surface area contributed by atoms with Crippen molar-refractivity contribution in [2.24, 2.45) is 0 Å². The summed E-state index contributed by atoms with van der Waals surface area (Å²) in [6.45, 7) is 5.46. The standard InChI is InChI=1S/C11H18N4O4/c1-11(2,3)19-10(18)14-8(9(16)17)4-5-15-7-12-6-13-15/h6-8H,4-5H2,1-3H3,(H,14,18)(H,16,17). The molecule has 0 aromatic carbocycles. The number of carboxylic acid groups (broad SMARTS) is 1. The Morgan fingerprint density at radius 2 is 2.16 bits per heavy atom. The van der Waals surface area contributed by atoms with Crippen LogP contribution in [0.15, 0.2) is 12.7 Å². The average molecular weight is 270 g/mol. The number of aliphatic carboxylic acids is 1. The topological polar surface area (TPSA) is 106 Å². The van der Waals surface area contributed by atoms with Gasteiger partial charge in [-0.1, -0.05) is 0 Å². The fraction of sp³-hybridized carbons (Fsp3) is 0.636. The van der Waals surface area contributed by atoms with E-state index < -0.39 is 23.7 Å². The molecule has 1 rings (SSSR count). The molecule has 1 atom stereocenters. The number of carbonyl (C=O) groups is 2. The monoisotopic (exact) mass is 270 g/mol. The highest BCUT2D eigenvalue weighted by Crippen LogP contribution is 2.07. The fourth-order valence-electron chi connectivity index (χ4n) is 1.32. The van der Waals surface area contributed by atoms with Gasteiger partial charge in [0.05, 0.1) is 0 Å². The van der Waals surface area contributed by atoms with Gasteiger partial charge < -0.3 is 15.2 Å². The molecule has 0 spiro atoms. The van der Waals surface area contributed by atoms with Crippen molar-refractivity contribution in [3.63, 3.8) is 0 Å². The van der Waals surface area contributed by atoms with Crippen LogP contribution in [-0.4, -0.2) is 43.6 Å². The van der Waals surface area contributed by atoms with Crippen molar-refractivity contribution in [1.82, 2.24) is 20.1 Å². The van der Waals surface area contributed by atoms with Crippen LogP contribution in [0.4, 0.5) is 4.79 Å². The Bertz CT molecular complexity index is 424. The molecule has 1 unspecified atom stereocenters. The van der Waals surface area contributed by atoms with Crippen LogP contribution >= 0.6 is 0 Å². The minimum atomic E-state index is -1.12. The molecule has 0 radical (unpaired) electrons. The van der Waals surface area contributed by atoms with Gasteiger partial charge in [-0.05, 0) is 27.2 Å². The number of nitrogens with one attached hydrogen (secondary N) is 1. The predicted molar refractivity (Wildman–Crippen MR) is 65.4 cm³/mol. The van der Waals surface area contributed by atoms with E-state index in [-0.39, 0.29) is 6.42 Å². The van der Waals surface area contributed by atoms with Crippen LogP contribution in [0.1, 0.15) is 27.2 Å². The number of hydrogen-bond donors (Lipinski definition) is 2. The van der Waals surface area contributed by atoms with Crippen LogP contribution in [0.5, 0.6) is 0 Å². The maximum Gasteiger partial charge on any atom is 0.408 e. The summed E-state index contributed by atoms with van der Waals surface area (Å²) >= 11 is 0. The van der Waals surface area contributed by atoms with Crippen LogP contribution < -0.4 is 5.32 Å². The van der Waals surface area contributed by atoms with E-state index >= 15 is 0 Å². The number of nitrogens with zero attached hydrogens (tertiary/aromatic N) is 3. The van der Waals surface area contributed by atoms with Gasteiger partial charge in [-0.2, -0.15) is 5.10 Å². The van der Waals surface area contributed by atoms with Crippen molar-refractivity contribution in [3.05, 3.63) is 12.7 Å². The van der Waals surface area contributed by atoms with Gasteiger partial charge in [0.1, 0.15) is 24.3 Å². The van der Waals surface area contributed by atoms with Gasteiger partial charge >= 0.3 is 12.1 Å². The molecule has 0 saturated heterocycles. The molecule has 8 heteroatoms. The van der Waals surface area contributed by atoms with Gasteiger partial charge in [-0.25, -0.2) is 14.6 Å². The molecule has 0 saturated carbocycles. The van der Waals surface area contributed by atoms with E-state index in [1.165, 1.54) is 17.3 Å². The van der Waals surface area contributed by atoms with Gasteiger partial charge in [0.2, 0.25) is 0 Å². The number of aryl methyl sites for hydroxylation is 1. The molecule has 0 bridgehead atoms. The molecule has 0 fully saturated rings. The largest absolute Gasteiger partial charge is 0.480 e. The Labute approximate surface area is 110 Å². The molecule has 1 aromatic heterocycles. The Balaban J connectivity index is 2.49. The smallest absolute Gasteiger partial charge is 0.408 e. The van der Waals surface area contributed by atoms with Crippen molar-refractivity contribution < 1.29 is 19.4 Å². The molecule has 0 aliphatic heterocycles. The normalized spacial score (nSPS) is 12.8. The van der Waals surface area contributed by atoms with Crippen LogP contribution in [0.2, 0.25) is 0 Å². The third-order valence-electron chi connectivity index (χ3n) is 2.10. The summed E-state index contributed by atoms with van der Waals surface area (Å²) in [6, 6.07) is -1.03. The lowest BCUT2D eigenvalue weighted by Gasteiger charge is -2.21. The Morgan fingerprint density at radius 3 is 2.63 bits per heavy atom. The van der Waals surface area contributed by atoms with E-state index in [4.69, 9.17) is 9.84 Å². The maximum absolute atomic E-state index is 11.5. The average Bonchev–Trinajstić information content (AvgIpc) is 2.73. The van der Waals surface area contributed by atoms with E-state index in [1.807, 2.05) is 0 Å². The molecule has 1 amide bonds. The molecule has 106 valence electrons. The second kappa shape index (κ2) is 6.17. The number of rotatable bonds is 5. The first-order chi connectivity index (χ1) is 8.78. The third kappa shape index (κ3) is 5.84. The molecule has 1 aromatic rings. The molecule has 1 heterocycles. The van der Waals surface area contributed by atoms with Gasteiger partial charge in [0, 0.05) is 6.54 Å². The summed E-state index contributed by atoms with van der Waals surface area (Å²) in [4.78, 5) is 26.3. The maximum atomic E-state index is 11.5.